The number of rotatable bonds is 2. The molecule has 6 nitrogen and oxygen atoms in total. The van der Waals surface area contributed by atoms with E-state index in [0.29, 0.717) is 5.69 Å². The van der Waals surface area contributed by atoms with Crippen molar-refractivity contribution >= 4 is 27.5 Å². The van der Waals surface area contributed by atoms with E-state index in [1.807, 2.05) is 24.0 Å². The second kappa shape index (κ2) is 5.23. The van der Waals surface area contributed by atoms with E-state index in [0.717, 1.165) is 16.2 Å². The Morgan fingerprint density at radius 3 is 2.74 bits per heavy atom. The zero-order valence-electron chi connectivity index (χ0n) is 9.91. The molecule has 0 aliphatic carbocycles. The number of aromatic amines is 2. The molecule has 98 valence electrons. The third-order valence-electron chi connectivity index (χ3n) is 2.51. The lowest BCUT2D eigenvalue weighted by Crippen LogP contribution is -2.29. The smallest absolute Gasteiger partial charge is 0.321 e. The molecule has 2 aromatic rings. The fourth-order valence-electron chi connectivity index (χ4n) is 1.50. The number of carbonyl (C=O) groups excluding carboxylic acids is 1. The molecule has 1 amide bonds. The maximum absolute atomic E-state index is 11.9. The third kappa shape index (κ3) is 3.00. The molecule has 3 N–H and O–H groups in total. The van der Waals surface area contributed by atoms with Crippen LogP contribution in [0, 0.1) is 6.92 Å². The van der Waals surface area contributed by atoms with Crippen molar-refractivity contribution in [1.82, 2.24) is 9.97 Å². The maximum atomic E-state index is 11.9. The second-order valence-corrected chi connectivity index (χ2v) is 4.81. The SMILES string of the molecule is Cc1ccc(Br)cc1NC(=O)c1c[nH]c(=O)[nH]c1=O. The molecule has 0 aliphatic heterocycles. The minimum Gasteiger partial charge on any atom is -0.321 e. The van der Waals surface area contributed by atoms with Gasteiger partial charge in [0.2, 0.25) is 0 Å². The Labute approximate surface area is 116 Å². The summed E-state index contributed by atoms with van der Waals surface area (Å²) < 4.78 is 0.809. The van der Waals surface area contributed by atoms with Gasteiger partial charge in [-0.15, -0.1) is 0 Å². The van der Waals surface area contributed by atoms with Gasteiger partial charge >= 0.3 is 5.69 Å². The fourth-order valence-corrected chi connectivity index (χ4v) is 1.86. The molecule has 0 saturated carbocycles. The molecule has 19 heavy (non-hydrogen) atoms. The molecular weight excluding hydrogens is 314 g/mol. The summed E-state index contributed by atoms with van der Waals surface area (Å²) in [6.45, 7) is 1.83. The molecule has 1 aromatic heterocycles. The third-order valence-corrected chi connectivity index (χ3v) is 3.00. The molecule has 0 atom stereocenters. The number of aryl methyl sites for hydroxylation is 1. The second-order valence-electron chi connectivity index (χ2n) is 3.90. The Morgan fingerprint density at radius 1 is 1.32 bits per heavy atom. The fraction of sp³-hybridized carbons (Fsp3) is 0.0833. The van der Waals surface area contributed by atoms with E-state index in [-0.39, 0.29) is 5.56 Å². The van der Waals surface area contributed by atoms with Gasteiger partial charge in [0.25, 0.3) is 11.5 Å². The Morgan fingerprint density at radius 2 is 2.05 bits per heavy atom. The van der Waals surface area contributed by atoms with Crippen LogP contribution in [0.15, 0.2) is 38.5 Å². The van der Waals surface area contributed by atoms with Gasteiger partial charge in [0.1, 0.15) is 5.56 Å². The molecule has 0 fully saturated rings. The van der Waals surface area contributed by atoms with E-state index in [9.17, 15) is 14.4 Å². The zero-order valence-corrected chi connectivity index (χ0v) is 11.5. The zero-order chi connectivity index (χ0) is 14.0. The molecule has 0 saturated heterocycles. The van der Waals surface area contributed by atoms with E-state index < -0.39 is 17.2 Å². The van der Waals surface area contributed by atoms with Crippen LogP contribution in [0.4, 0.5) is 5.69 Å². The lowest BCUT2D eigenvalue weighted by Gasteiger charge is -2.08. The summed E-state index contributed by atoms with van der Waals surface area (Å²) in [7, 11) is 0. The van der Waals surface area contributed by atoms with Gasteiger partial charge in [-0.3, -0.25) is 14.6 Å². The minimum atomic E-state index is -0.728. The van der Waals surface area contributed by atoms with Crippen LogP contribution < -0.4 is 16.6 Å². The van der Waals surface area contributed by atoms with Gasteiger partial charge in [0.15, 0.2) is 0 Å². The number of hydrogen-bond acceptors (Lipinski definition) is 3. The molecule has 1 aromatic carbocycles. The van der Waals surface area contributed by atoms with Crippen LogP contribution in [0.1, 0.15) is 15.9 Å². The Balaban J connectivity index is 2.33. The van der Waals surface area contributed by atoms with Gasteiger partial charge in [-0.05, 0) is 24.6 Å². The van der Waals surface area contributed by atoms with Crippen LogP contribution in [0.3, 0.4) is 0 Å². The highest BCUT2D eigenvalue weighted by molar-refractivity contribution is 9.10. The van der Waals surface area contributed by atoms with Gasteiger partial charge in [-0.25, -0.2) is 4.79 Å². The quantitative estimate of drug-likeness (QED) is 0.779. The van der Waals surface area contributed by atoms with E-state index in [2.05, 4.69) is 26.2 Å². The first-order valence-electron chi connectivity index (χ1n) is 5.37. The van der Waals surface area contributed by atoms with Gasteiger partial charge in [-0.1, -0.05) is 22.0 Å². The Bertz CT molecular complexity index is 748. The van der Waals surface area contributed by atoms with Gasteiger partial charge < -0.3 is 10.3 Å². The molecule has 2 rings (SSSR count). The minimum absolute atomic E-state index is 0.154. The van der Waals surface area contributed by atoms with Crippen LogP contribution in [0.25, 0.3) is 0 Å². The molecule has 0 bridgehead atoms. The van der Waals surface area contributed by atoms with Crippen molar-refractivity contribution in [2.45, 2.75) is 6.92 Å². The number of halogens is 1. The summed E-state index contributed by atoms with van der Waals surface area (Å²) in [5.41, 5.74) is -0.0876. The van der Waals surface area contributed by atoms with E-state index in [1.165, 1.54) is 0 Å². The van der Waals surface area contributed by atoms with Crippen LogP contribution >= 0.6 is 15.9 Å². The van der Waals surface area contributed by atoms with Crippen molar-refractivity contribution in [1.29, 1.82) is 0 Å². The number of amides is 1. The van der Waals surface area contributed by atoms with E-state index in [4.69, 9.17) is 0 Å². The largest absolute Gasteiger partial charge is 0.325 e. The lowest BCUT2D eigenvalue weighted by molar-refractivity contribution is 0.102. The standard InChI is InChI=1S/C12H10BrN3O3/c1-6-2-3-7(13)4-9(6)15-10(17)8-5-14-12(19)16-11(8)18/h2-5H,1H3,(H,15,17)(H2,14,16,18,19). The topological polar surface area (TPSA) is 94.8 Å². The van der Waals surface area contributed by atoms with E-state index in [1.54, 1.807) is 6.07 Å². The molecule has 7 heteroatoms. The first kappa shape index (κ1) is 13.3. The summed E-state index contributed by atoms with van der Waals surface area (Å²) >= 11 is 3.30. The number of anilines is 1. The highest BCUT2D eigenvalue weighted by Gasteiger charge is 2.12. The highest BCUT2D eigenvalue weighted by Crippen LogP contribution is 2.20. The Hall–Kier alpha value is -2.15. The monoisotopic (exact) mass is 323 g/mol. The van der Waals surface area contributed by atoms with Gasteiger partial charge in [0, 0.05) is 16.4 Å². The van der Waals surface area contributed by atoms with Crippen molar-refractivity contribution in [2.24, 2.45) is 0 Å². The average molecular weight is 324 g/mol. The first-order chi connectivity index (χ1) is 8.97. The van der Waals surface area contributed by atoms with Crippen molar-refractivity contribution in [3.8, 4) is 0 Å². The number of nitrogens with one attached hydrogen (secondary N) is 3. The first-order valence-corrected chi connectivity index (χ1v) is 6.16. The summed E-state index contributed by atoms with van der Waals surface area (Å²) in [6.07, 6.45) is 1.09. The predicted octanol–water partition coefficient (Wildman–Crippen LogP) is 1.39. The summed E-state index contributed by atoms with van der Waals surface area (Å²) in [4.78, 5) is 38.5. The van der Waals surface area contributed by atoms with Crippen molar-refractivity contribution < 1.29 is 4.79 Å². The molecule has 0 spiro atoms. The van der Waals surface area contributed by atoms with Crippen molar-refractivity contribution in [3.05, 3.63) is 60.8 Å². The summed E-state index contributed by atoms with van der Waals surface area (Å²) in [6, 6.07) is 5.40. The van der Waals surface area contributed by atoms with Crippen molar-refractivity contribution in [3.63, 3.8) is 0 Å². The van der Waals surface area contributed by atoms with Crippen LogP contribution in [-0.4, -0.2) is 15.9 Å². The summed E-state index contributed by atoms with van der Waals surface area (Å²) in [5.74, 6) is -0.585. The van der Waals surface area contributed by atoms with Crippen LogP contribution in [0.2, 0.25) is 0 Å². The molecule has 0 aliphatic rings. The number of carbonyl (C=O) groups is 1. The number of H-pyrrole nitrogens is 2. The number of aromatic nitrogens is 2. The summed E-state index contributed by atoms with van der Waals surface area (Å²) in [5, 5.41) is 2.62. The molecule has 1 heterocycles. The normalized spacial score (nSPS) is 10.2. The van der Waals surface area contributed by atoms with E-state index >= 15 is 0 Å². The van der Waals surface area contributed by atoms with Crippen molar-refractivity contribution in [2.75, 3.05) is 5.32 Å². The number of benzene rings is 1. The van der Waals surface area contributed by atoms with Gasteiger partial charge in [0.05, 0.1) is 0 Å². The molecule has 0 radical (unpaired) electrons. The Kier molecular flexibility index (Phi) is 3.66. The van der Waals surface area contributed by atoms with Crippen LogP contribution in [0.5, 0.6) is 0 Å². The average Bonchev–Trinajstić information content (AvgIpc) is 2.33. The molecular formula is C12H10BrN3O3. The van der Waals surface area contributed by atoms with Crippen LogP contribution in [-0.2, 0) is 0 Å². The lowest BCUT2D eigenvalue weighted by atomic mass is 10.2. The molecule has 0 unspecified atom stereocenters. The number of hydrogen-bond donors (Lipinski definition) is 3. The predicted molar refractivity (Wildman–Crippen MR) is 74.5 cm³/mol. The maximum Gasteiger partial charge on any atom is 0.325 e. The van der Waals surface area contributed by atoms with Gasteiger partial charge in [-0.2, -0.15) is 0 Å². The highest BCUT2D eigenvalue weighted by atomic mass is 79.9.